The molecule has 0 amide bonds. The maximum absolute atomic E-state index is 13.6. The van der Waals surface area contributed by atoms with E-state index in [1.54, 1.807) is 31.4 Å². The molecule has 0 aliphatic heterocycles. The summed E-state index contributed by atoms with van der Waals surface area (Å²) in [4.78, 5) is 0. The molecular formula is C15H16FNO3. The highest BCUT2D eigenvalue weighted by atomic mass is 19.1. The fraction of sp³-hybridized carbons (Fsp3) is 0.200. The fourth-order valence-electron chi connectivity index (χ4n) is 1.79. The van der Waals surface area contributed by atoms with E-state index in [0.717, 1.165) is 0 Å². The molecule has 2 aromatic rings. The van der Waals surface area contributed by atoms with Crippen molar-refractivity contribution in [1.29, 1.82) is 0 Å². The molecule has 0 aliphatic rings. The van der Waals surface area contributed by atoms with Crippen LogP contribution in [0.25, 0.3) is 0 Å². The molecular weight excluding hydrogens is 261 g/mol. The van der Waals surface area contributed by atoms with Crippen LogP contribution >= 0.6 is 0 Å². The number of hydrogen-bond acceptors (Lipinski definition) is 4. The highest BCUT2D eigenvalue weighted by molar-refractivity contribution is 5.51. The van der Waals surface area contributed by atoms with Crippen molar-refractivity contribution in [3.63, 3.8) is 0 Å². The van der Waals surface area contributed by atoms with Gasteiger partial charge in [0.15, 0.2) is 0 Å². The summed E-state index contributed by atoms with van der Waals surface area (Å²) in [6.07, 6.45) is 0. The van der Waals surface area contributed by atoms with Gasteiger partial charge in [-0.05, 0) is 30.3 Å². The first kappa shape index (κ1) is 14.0. The first-order chi connectivity index (χ1) is 9.63. The second-order valence-corrected chi connectivity index (χ2v) is 4.19. The minimum absolute atomic E-state index is 0.126. The summed E-state index contributed by atoms with van der Waals surface area (Å²) >= 11 is 0. The molecule has 0 saturated heterocycles. The van der Waals surface area contributed by atoms with Crippen LogP contribution < -0.4 is 14.8 Å². The third kappa shape index (κ3) is 3.12. The molecule has 0 atom stereocenters. The first-order valence-electron chi connectivity index (χ1n) is 6.07. The van der Waals surface area contributed by atoms with Crippen LogP contribution in [0.15, 0.2) is 36.4 Å². The van der Waals surface area contributed by atoms with E-state index >= 15 is 0 Å². The zero-order valence-electron chi connectivity index (χ0n) is 11.3. The molecule has 0 spiro atoms. The molecule has 0 radical (unpaired) electrons. The van der Waals surface area contributed by atoms with Crippen molar-refractivity contribution in [2.24, 2.45) is 0 Å². The average molecular weight is 277 g/mol. The number of halogens is 1. The summed E-state index contributed by atoms with van der Waals surface area (Å²) in [6.45, 7) is 0.271. The van der Waals surface area contributed by atoms with Crippen LogP contribution in [0.3, 0.4) is 0 Å². The summed E-state index contributed by atoms with van der Waals surface area (Å²) in [5.74, 6) is 0.935. The zero-order valence-corrected chi connectivity index (χ0v) is 11.3. The molecule has 4 nitrogen and oxygen atoms in total. The minimum atomic E-state index is -0.381. The van der Waals surface area contributed by atoms with Gasteiger partial charge in [-0.2, -0.15) is 0 Å². The number of nitrogens with one attached hydrogen (secondary N) is 1. The van der Waals surface area contributed by atoms with E-state index in [1.165, 1.54) is 19.2 Å². The van der Waals surface area contributed by atoms with E-state index in [2.05, 4.69) is 5.32 Å². The van der Waals surface area contributed by atoms with Gasteiger partial charge in [0.1, 0.15) is 23.1 Å². The molecule has 0 aromatic heterocycles. The Bertz CT molecular complexity index is 548. The lowest BCUT2D eigenvalue weighted by Crippen LogP contribution is -2.02. The number of benzene rings is 2. The van der Waals surface area contributed by atoms with Crippen LogP contribution in [-0.2, 0) is 6.54 Å². The maximum Gasteiger partial charge on any atom is 0.146 e. The monoisotopic (exact) mass is 277 g/mol. The number of rotatable bonds is 5. The van der Waals surface area contributed by atoms with E-state index < -0.39 is 0 Å². The van der Waals surface area contributed by atoms with Gasteiger partial charge in [0.25, 0.3) is 0 Å². The Hall–Kier alpha value is -2.43. The summed E-state index contributed by atoms with van der Waals surface area (Å²) in [7, 11) is 3.07. The number of anilines is 1. The quantitative estimate of drug-likeness (QED) is 0.881. The Morgan fingerprint density at radius 1 is 1.05 bits per heavy atom. The minimum Gasteiger partial charge on any atom is -0.508 e. The third-order valence-corrected chi connectivity index (χ3v) is 2.93. The van der Waals surface area contributed by atoms with Gasteiger partial charge in [0.2, 0.25) is 0 Å². The molecule has 2 aromatic carbocycles. The van der Waals surface area contributed by atoms with Crippen molar-refractivity contribution >= 4 is 5.69 Å². The number of phenols is 1. The SMILES string of the molecule is COc1ccc(O)c(CNc2cc(OC)ccc2F)c1. The van der Waals surface area contributed by atoms with Crippen molar-refractivity contribution in [2.75, 3.05) is 19.5 Å². The van der Waals surface area contributed by atoms with E-state index in [-0.39, 0.29) is 18.1 Å². The lowest BCUT2D eigenvalue weighted by Gasteiger charge is -2.11. The lowest BCUT2D eigenvalue weighted by atomic mass is 10.2. The highest BCUT2D eigenvalue weighted by Gasteiger charge is 2.07. The summed E-state index contributed by atoms with van der Waals surface area (Å²) in [5, 5.41) is 12.7. The Morgan fingerprint density at radius 3 is 2.40 bits per heavy atom. The van der Waals surface area contributed by atoms with Crippen molar-refractivity contribution in [3.8, 4) is 17.2 Å². The predicted molar refractivity (Wildman–Crippen MR) is 74.9 cm³/mol. The van der Waals surface area contributed by atoms with Gasteiger partial charge < -0.3 is 19.9 Å². The number of methoxy groups -OCH3 is 2. The van der Waals surface area contributed by atoms with Crippen molar-refractivity contribution in [1.82, 2.24) is 0 Å². The second kappa shape index (κ2) is 6.14. The second-order valence-electron chi connectivity index (χ2n) is 4.19. The lowest BCUT2D eigenvalue weighted by molar-refractivity contribution is 0.411. The Kier molecular flexibility index (Phi) is 4.30. The third-order valence-electron chi connectivity index (χ3n) is 2.93. The first-order valence-corrected chi connectivity index (χ1v) is 6.07. The molecule has 106 valence electrons. The summed E-state index contributed by atoms with van der Waals surface area (Å²) in [5.41, 5.74) is 0.929. The van der Waals surface area contributed by atoms with Crippen LogP contribution in [0.4, 0.5) is 10.1 Å². The highest BCUT2D eigenvalue weighted by Crippen LogP contribution is 2.26. The van der Waals surface area contributed by atoms with Gasteiger partial charge in [-0.1, -0.05) is 0 Å². The summed E-state index contributed by atoms with van der Waals surface area (Å²) in [6, 6.07) is 9.33. The number of phenolic OH excluding ortho intramolecular Hbond substituents is 1. The van der Waals surface area contributed by atoms with Crippen molar-refractivity contribution in [2.45, 2.75) is 6.54 Å². The summed E-state index contributed by atoms with van der Waals surface area (Å²) < 4.78 is 23.8. The topological polar surface area (TPSA) is 50.7 Å². The number of hydrogen-bond donors (Lipinski definition) is 2. The van der Waals surface area contributed by atoms with Gasteiger partial charge in [-0.3, -0.25) is 0 Å². The van der Waals surface area contributed by atoms with Gasteiger partial charge in [-0.15, -0.1) is 0 Å². The van der Waals surface area contributed by atoms with Crippen LogP contribution in [0.1, 0.15) is 5.56 Å². The molecule has 20 heavy (non-hydrogen) atoms. The number of ether oxygens (including phenoxy) is 2. The van der Waals surface area contributed by atoms with Gasteiger partial charge in [0.05, 0.1) is 19.9 Å². The van der Waals surface area contributed by atoms with Gasteiger partial charge in [0, 0.05) is 18.2 Å². The predicted octanol–water partition coefficient (Wildman–Crippen LogP) is 3.16. The van der Waals surface area contributed by atoms with Crippen LogP contribution in [-0.4, -0.2) is 19.3 Å². The van der Waals surface area contributed by atoms with Gasteiger partial charge >= 0.3 is 0 Å². The van der Waals surface area contributed by atoms with E-state index in [1.807, 2.05) is 0 Å². The largest absolute Gasteiger partial charge is 0.508 e. The van der Waals surface area contributed by atoms with Crippen LogP contribution in [0.5, 0.6) is 17.2 Å². The number of aromatic hydroxyl groups is 1. The Balaban J connectivity index is 2.16. The standard InChI is InChI=1S/C15H16FNO3/c1-19-11-4-6-15(18)10(7-11)9-17-14-8-12(20-2)3-5-13(14)16/h3-8,17-18H,9H2,1-2H3. The van der Waals surface area contributed by atoms with Crippen molar-refractivity contribution in [3.05, 3.63) is 47.8 Å². The smallest absolute Gasteiger partial charge is 0.146 e. The van der Waals surface area contributed by atoms with E-state index in [4.69, 9.17) is 9.47 Å². The Morgan fingerprint density at radius 2 is 1.70 bits per heavy atom. The van der Waals surface area contributed by atoms with Crippen LogP contribution in [0, 0.1) is 5.82 Å². The normalized spacial score (nSPS) is 10.2. The molecule has 2 rings (SSSR count). The molecule has 0 bridgehead atoms. The van der Waals surface area contributed by atoms with E-state index in [9.17, 15) is 9.50 Å². The molecule has 0 unspecified atom stereocenters. The Labute approximate surface area is 116 Å². The zero-order chi connectivity index (χ0) is 14.5. The molecule has 0 heterocycles. The van der Waals surface area contributed by atoms with E-state index in [0.29, 0.717) is 22.7 Å². The molecule has 0 fully saturated rings. The maximum atomic E-state index is 13.6. The van der Waals surface area contributed by atoms with Crippen molar-refractivity contribution < 1.29 is 19.0 Å². The fourth-order valence-corrected chi connectivity index (χ4v) is 1.79. The molecule has 2 N–H and O–H groups in total. The molecule has 0 saturated carbocycles. The molecule has 5 heteroatoms. The van der Waals surface area contributed by atoms with Crippen LogP contribution in [0.2, 0.25) is 0 Å². The van der Waals surface area contributed by atoms with Gasteiger partial charge in [-0.25, -0.2) is 4.39 Å². The average Bonchev–Trinajstić information content (AvgIpc) is 2.48. The molecule has 0 aliphatic carbocycles.